The lowest BCUT2D eigenvalue weighted by molar-refractivity contribution is -0.140. The van der Waals surface area contributed by atoms with Crippen molar-refractivity contribution in [1.82, 2.24) is 0 Å². The standard InChI is InChI=1S/C20H26O3/c1-3-7-18(14-20(21)22-2)17-10-12-19(13-11-17)23-15-16-8-5-4-6-9-16/h10-13,16,18H,4-6,8-9,14-15H2,1-2H3/t18-/m1/s1. The molecule has 1 fully saturated rings. The zero-order valence-corrected chi connectivity index (χ0v) is 14.1. The summed E-state index contributed by atoms with van der Waals surface area (Å²) in [6.07, 6.45) is 6.87. The molecule has 1 aliphatic rings. The highest BCUT2D eigenvalue weighted by Gasteiger charge is 2.16. The number of ether oxygens (including phenoxy) is 2. The van der Waals surface area contributed by atoms with E-state index < -0.39 is 0 Å². The van der Waals surface area contributed by atoms with Crippen molar-refractivity contribution in [2.24, 2.45) is 5.92 Å². The lowest BCUT2D eigenvalue weighted by Gasteiger charge is -2.21. The number of hydrogen-bond donors (Lipinski definition) is 0. The largest absolute Gasteiger partial charge is 0.493 e. The molecular weight excluding hydrogens is 288 g/mol. The Hall–Kier alpha value is -1.95. The van der Waals surface area contributed by atoms with Crippen molar-refractivity contribution in [2.45, 2.75) is 51.4 Å². The first-order valence-electron chi connectivity index (χ1n) is 8.44. The monoisotopic (exact) mass is 314 g/mol. The molecule has 0 heterocycles. The van der Waals surface area contributed by atoms with Gasteiger partial charge in [0.2, 0.25) is 0 Å². The lowest BCUT2D eigenvalue weighted by atomic mass is 9.90. The van der Waals surface area contributed by atoms with Crippen molar-refractivity contribution in [2.75, 3.05) is 13.7 Å². The minimum atomic E-state index is -0.240. The molecule has 124 valence electrons. The van der Waals surface area contributed by atoms with Crippen LogP contribution in [-0.4, -0.2) is 19.7 Å². The van der Waals surface area contributed by atoms with E-state index in [0.29, 0.717) is 5.92 Å². The van der Waals surface area contributed by atoms with E-state index in [2.05, 4.69) is 11.8 Å². The molecule has 0 radical (unpaired) electrons. The summed E-state index contributed by atoms with van der Waals surface area (Å²) in [4.78, 5) is 11.5. The Balaban J connectivity index is 1.93. The molecule has 0 N–H and O–H groups in total. The van der Waals surface area contributed by atoms with Gasteiger partial charge in [-0.05, 0) is 43.4 Å². The van der Waals surface area contributed by atoms with Gasteiger partial charge in [0.15, 0.2) is 0 Å². The molecule has 1 atom stereocenters. The molecule has 1 aromatic carbocycles. The van der Waals surface area contributed by atoms with Gasteiger partial charge < -0.3 is 9.47 Å². The number of hydrogen-bond acceptors (Lipinski definition) is 3. The summed E-state index contributed by atoms with van der Waals surface area (Å²) in [5.74, 6) is 7.18. The molecule has 1 aromatic rings. The van der Waals surface area contributed by atoms with Gasteiger partial charge in [0, 0.05) is 0 Å². The summed E-state index contributed by atoms with van der Waals surface area (Å²) < 4.78 is 10.7. The molecule has 0 unspecified atom stereocenters. The highest BCUT2D eigenvalue weighted by molar-refractivity contribution is 5.71. The Labute approximate surface area is 139 Å². The molecule has 23 heavy (non-hydrogen) atoms. The predicted octanol–water partition coefficient (Wildman–Crippen LogP) is 4.32. The molecule has 3 heteroatoms. The van der Waals surface area contributed by atoms with E-state index in [1.54, 1.807) is 6.92 Å². The molecule has 3 nitrogen and oxygen atoms in total. The van der Waals surface area contributed by atoms with E-state index in [-0.39, 0.29) is 18.3 Å². The first kappa shape index (κ1) is 17.4. The summed E-state index contributed by atoms with van der Waals surface area (Å²) in [5, 5.41) is 0. The van der Waals surface area contributed by atoms with Crippen LogP contribution in [0.3, 0.4) is 0 Å². The Morgan fingerprint density at radius 2 is 1.91 bits per heavy atom. The normalized spacial score (nSPS) is 16.1. The molecule has 0 saturated heterocycles. The molecule has 1 saturated carbocycles. The molecule has 2 rings (SSSR count). The zero-order chi connectivity index (χ0) is 16.5. The van der Waals surface area contributed by atoms with Gasteiger partial charge >= 0.3 is 5.97 Å². The summed E-state index contributed by atoms with van der Waals surface area (Å²) in [7, 11) is 1.40. The summed E-state index contributed by atoms with van der Waals surface area (Å²) in [5.41, 5.74) is 1.02. The first-order chi connectivity index (χ1) is 11.2. The molecule has 0 aliphatic heterocycles. The first-order valence-corrected chi connectivity index (χ1v) is 8.44. The molecule has 1 aliphatic carbocycles. The predicted molar refractivity (Wildman–Crippen MR) is 91.3 cm³/mol. The maximum atomic E-state index is 11.5. The van der Waals surface area contributed by atoms with Crippen molar-refractivity contribution in [1.29, 1.82) is 0 Å². The van der Waals surface area contributed by atoms with Gasteiger partial charge in [-0.1, -0.05) is 37.3 Å². The highest BCUT2D eigenvalue weighted by Crippen LogP contribution is 2.26. The fraction of sp³-hybridized carbons (Fsp3) is 0.550. The fourth-order valence-corrected chi connectivity index (χ4v) is 3.04. The van der Waals surface area contributed by atoms with E-state index >= 15 is 0 Å². The molecular formula is C20H26O3. The van der Waals surface area contributed by atoms with Crippen LogP contribution in [0.15, 0.2) is 24.3 Å². The second-order valence-corrected chi connectivity index (χ2v) is 6.11. The second kappa shape index (κ2) is 9.25. The van der Waals surface area contributed by atoms with Gasteiger partial charge in [-0.15, -0.1) is 5.92 Å². The maximum absolute atomic E-state index is 11.5. The van der Waals surface area contributed by atoms with Crippen molar-refractivity contribution >= 4 is 5.97 Å². The van der Waals surface area contributed by atoms with Gasteiger partial charge in [0.1, 0.15) is 5.75 Å². The highest BCUT2D eigenvalue weighted by atomic mass is 16.5. The summed E-state index contributed by atoms with van der Waals surface area (Å²) in [6.45, 7) is 2.59. The minimum absolute atomic E-state index is 0.125. The van der Waals surface area contributed by atoms with Gasteiger partial charge in [0.25, 0.3) is 0 Å². The van der Waals surface area contributed by atoms with Crippen molar-refractivity contribution in [3.8, 4) is 17.6 Å². The summed E-state index contributed by atoms with van der Waals surface area (Å²) >= 11 is 0. The van der Waals surface area contributed by atoms with Gasteiger partial charge in [-0.2, -0.15) is 0 Å². The third kappa shape index (κ3) is 5.63. The SMILES string of the molecule is CC#C[C@H](CC(=O)OC)c1ccc(OCC2CCCCC2)cc1. The van der Waals surface area contributed by atoms with E-state index in [1.807, 2.05) is 24.3 Å². The van der Waals surface area contributed by atoms with E-state index in [0.717, 1.165) is 17.9 Å². The number of benzene rings is 1. The average molecular weight is 314 g/mol. The van der Waals surface area contributed by atoms with Crippen LogP contribution in [0.1, 0.15) is 56.9 Å². The molecule has 0 amide bonds. The topological polar surface area (TPSA) is 35.5 Å². The Morgan fingerprint density at radius 1 is 1.22 bits per heavy atom. The van der Waals surface area contributed by atoms with Gasteiger partial charge in [-0.25, -0.2) is 0 Å². The van der Waals surface area contributed by atoms with Gasteiger partial charge in [0.05, 0.1) is 26.1 Å². The van der Waals surface area contributed by atoms with E-state index in [4.69, 9.17) is 9.47 Å². The van der Waals surface area contributed by atoms with Crippen molar-refractivity contribution in [3.63, 3.8) is 0 Å². The van der Waals surface area contributed by atoms with Crippen LogP contribution in [-0.2, 0) is 9.53 Å². The Kier molecular flexibility index (Phi) is 7.00. The minimum Gasteiger partial charge on any atom is -0.493 e. The number of esters is 1. The molecule has 0 aromatic heterocycles. The van der Waals surface area contributed by atoms with Crippen LogP contribution < -0.4 is 4.74 Å². The van der Waals surface area contributed by atoms with Crippen LogP contribution in [0.5, 0.6) is 5.75 Å². The third-order valence-electron chi connectivity index (χ3n) is 4.41. The number of carbonyl (C=O) groups excluding carboxylic acids is 1. The fourth-order valence-electron chi connectivity index (χ4n) is 3.04. The Morgan fingerprint density at radius 3 is 2.52 bits per heavy atom. The quantitative estimate of drug-likeness (QED) is 0.579. The van der Waals surface area contributed by atoms with Crippen LogP contribution in [0.25, 0.3) is 0 Å². The van der Waals surface area contributed by atoms with Gasteiger partial charge in [-0.3, -0.25) is 4.79 Å². The van der Waals surface area contributed by atoms with Crippen molar-refractivity contribution in [3.05, 3.63) is 29.8 Å². The molecule has 0 spiro atoms. The zero-order valence-electron chi connectivity index (χ0n) is 14.1. The van der Waals surface area contributed by atoms with Crippen LogP contribution >= 0.6 is 0 Å². The number of carbonyl (C=O) groups is 1. The average Bonchev–Trinajstić information content (AvgIpc) is 2.61. The van der Waals surface area contributed by atoms with Crippen molar-refractivity contribution < 1.29 is 14.3 Å². The Bertz CT molecular complexity index is 544. The molecule has 0 bridgehead atoms. The smallest absolute Gasteiger partial charge is 0.307 e. The summed E-state index contributed by atoms with van der Waals surface area (Å²) in [6, 6.07) is 7.93. The van der Waals surface area contributed by atoms with Crippen LogP contribution in [0.2, 0.25) is 0 Å². The number of methoxy groups -OCH3 is 1. The van der Waals surface area contributed by atoms with Crippen LogP contribution in [0.4, 0.5) is 0 Å². The van der Waals surface area contributed by atoms with E-state index in [1.165, 1.54) is 39.2 Å². The number of rotatable bonds is 6. The van der Waals surface area contributed by atoms with E-state index in [9.17, 15) is 4.79 Å². The second-order valence-electron chi connectivity index (χ2n) is 6.11. The third-order valence-corrected chi connectivity index (χ3v) is 4.41. The maximum Gasteiger partial charge on any atom is 0.307 e. The van der Waals surface area contributed by atoms with Crippen LogP contribution in [0, 0.1) is 17.8 Å². The lowest BCUT2D eigenvalue weighted by Crippen LogP contribution is -2.15.